The molecule has 168 valence electrons. The third-order valence-corrected chi connectivity index (χ3v) is 5.90. The van der Waals surface area contributed by atoms with Gasteiger partial charge >= 0.3 is 0 Å². The molecule has 0 bridgehead atoms. The molecule has 0 radical (unpaired) electrons. The zero-order valence-electron chi connectivity index (χ0n) is 17.7. The fourth-order valence-electron chi connectivity index (χ4n) is 3.14. The summed E-state index contributed by atoms with van der Waals surface area (Å²) in [6.45, 7) is 0.461. The predicted molar refractivity (Wildman–Crippen MR) is 127 cm³/mol. The highest BCUT2D eigenvalue weighted by Gasteiger charge is 2.24. The van der Waals surface area contributed by atoms with Crippen molar-refractivity contribution in [3.05, 3.63) is 66.6 Å². The summed E-state index contributed by atoms with van der Waals surface area (Å²) in [5, 5.41) is 6.09. The average Bonchev–Trinajstić information content (AvgIpc) is 3.29. The Morgan fingerprint density at radius 1 is 1.03 bits per heavy atom. The Morgan fingerprint density at radius 3 is 2.56 bits per heavy atom. The summed E-state index contributed by atoms with van der Waals surface area (Å²) in [7, 11) is 0. The van der Waals surface area contributed by atoms with Gasteiger partial charge < -0.3 is 22.1 Å². The highest BCUT2D eigenvalue weighted by atomic mass is 32.1. The van der Waals surface area contributed by atoms with Crippen LogP contribution in [-0.4, -0.2) is 40.4 Å². The summed E-state index contributed by atoms with van der Waals surface area (Å²) >= 11 is 1.35. The molecule has 0 saturated carbocycles. The summed E-state index contributed by atoms with van der Waals surface area (Å²) in [6, 6.07) is 12.1. The van der Waals surface area contributed by atoms with E-state index in [0.717, 1.165) is 16.0 Å². The summed E-state index contributed by atoms with van der Waals surface area (Å²) < 4.78 is 0. The number of rotatable bonds is 11. The molecule has 32 heavy (non-hydrogen) atoms. The number of carbonyl (C=O) groups excluding carboxylic acids is 2. The highest BCUT2D eigenvalue weighted by Crippen LogP contribution is 2.28. The Hall–Kier alpha value is -3.14. The van der Waals surface area contributed by atoms with E-state index < -0.39 is 12.1 Å². The molecular weight excluding hydrogens is 424 g/mol. The van der Waals surface area contributed by atoms with Gasteiger partial charge in [-0.15, -0.1) is 0 Å². The molecule has 3 aromatic rings. The molecule has 0 aliphatic carbocycles. The molecule has 2 amide bonds. The van der Waals surface area contributed by atoms with Crippen LogP contribution >= 0.6 is 11.3 Å². The number of carbonyl (C=O) groups is 2. The number of nitrogens with two attached hydrogens (primary N) is 2. The van der Waals surface area contributed by atoms with E-state index in [4.69, 9.17) is 11.5 Å². The van der Waals surface area contributed by atoms with Crippen molar-refractivity contribution in [3.8, 4) is 10.4 Å². The lowest BCUT2D eigenvalue weighted by molar-refractivity contribution is -0.127. The minimum Gasteiger partial charge on any atom is -0.343 e. The lowest BCUT2D eigenvalue weighted by Gasteiger charge is -2.20. The average molecular weight is 453 g/mol. The number of aryl methyl sites for hydroxylation is 1. The Bertz CT molecular complexity index is 996. The van der Waals surface area contributed by atoms with Crippen LogP contribution in [0.1, 0.15) is 24.8 Å². The van der Waals surface area contributed by atoms with Crippen molar-refractivity contribution < 1.29 is 9.59 Å². The minimum absolute atomic E-state index is 0.326. The van der Waals surface area contributed by atoms with Crippen molar-refractivity contribution in [3.63, 3.8) is 0 Å². The molecule has 0 saturated heterocycles. The SMILES string of the molecule is NCCC[C@H](N)C(=O)N[C@H](CCc1ccccc1)C(=O)Nc1ncc(-c2cccnc2)s1. The lowest BCUT2D eigenvalue weighted by Crippen LogP contribution is -2.50. The molecule has 0 unspecified atom stereocenters. The zero-order valence-corrected chi connectivity index (χ0v) is 18.6. The van der Waals surface area contributed by atoms with Crippen LogP contribution in [0.15, 0.2) is 61.1 Å². The molecule has 9 heteroatoms. The quantitative estimate of drug-likeness (QED) is 0.352. The van der Waals surface area contributed by atoms with E-state index in [9.17, 15) is 9.59 Å². The molecule has 6 N–H and O–H groups in total. The van der Waals surface area contributed by atoms with Gasteiger partial charge in [0.05, 0.1) is 10.9 Å². The molecular formula is C23H28N6O2S. The number of amides is 2. The summed E-state index contributed by atoms with van der Waals surface area (Å²) in [6.07, 6.45) is 7.32. The molecule has 0 spiro atoms. The molecule has 0 fully saturated rings. The van der Waals surface area contributed by atoms with Crippen LogP contribution in [0.2, 0.25) is 0 Å². The van der Waals surface area contributed by atoms with Crippen molar-refractivity contribution in [2.75, 3.05) is 11.9 Å². The third kappa shape index (κ3) is 6.94. The molecule has 2 atom stereocenters. The van der Waals surface area contributed by atoms with Crippen molar-refractivity contribution >= 4 is 28.3 Å². The number of pyridine rings is 1. The van der Waals surface area contributed by atoms with Crippen LogP contribution in [0.3, 0.4) is 0 Å². The van der Waals surface area contributed by atoms with Gasteiger partial charge in [-0.25, -0.2) is 4.98 Å². The molecule has 0 aliphatic rings. The van der Waals surface area contributed by atoms with E-state index >= 15 is 0 Å². The van der Waals surface area contributed by atoms with Crippen molar-refractivity contribution in [1.29, 1.82) is 0 Å². The molecule has 0 aliphatic heterocycles. The molecule has 3 rings (SSSR count). The first-order valence-electron chi connectivity index (χ1n) is 10.5. The molecule has 8 nitrogen and oxygen atoms in total. The van der Waals surface area contributed by atoms with Crippen LogP contribution in [0, 0.1) is 0 Å². The number of hydrogen-bond acceptors (Lipinski definition) is 7. The Balaban J connectivity index is 1.67. The second-order valence-electron chi connectivity index (χ2n) is 7.38. The molecule has 2 aromatic heterocycles. The number of anilines is 1. The first-order chi connectivity index (χ1) is 15.6. The van der Waals surface area contributed by atoms with Crippen LogP contribution in [0.25, 0.3) is 10.4 Å². The number of hydrogen-bond donors (Lipinski definition) is 4. The van der Waals surface area contributed by atoms with Gasteiger partial charge in [-0.05, 0) is 43.9 Å². The first-order valence-corrected chi connectivity index (χ1v) is 11.4. The first kappa shape index (κ1) is 23.5. The Kier molecular flexibility index (Phi) is 8.85. The van der Waals surface area contributed by atoms with Gasteiger partial charge in [0.2, 0.25) is 11.8 Å². The van der Waals surface area contributed by atoms with Crippen LogP contribution in [0.4, 0.5) is 5.13 Å². The van der Waals surface area contributed by atoms with E-state index in [1.807, 2.05) is 42.5 Å². The van der Waals surface area contributed by atoms with Gasteiger partial charge in [0.15, 0.2) is 5.13 Å². The molecule has 1 aromatic carbocycles. The smallest absolute Gasteiger partial charge is 0.248 e. The maximum absolute atomic E-state index is 13.0. The maximum Gasteiger partial charge on any atom is 0.248 e. The van der Waals surface area contributed by atoms with Gasteiger partial charge in [0.1, 0.15) is 6.04 Å². The second-order valence-corrected chi connectivity index (χ2v) is 8.41. The highest BCUT2D eigenvalue weighted by molar-refractivity contribution is 7.19. The van der Waals surface area contributed by atoms with Crippen molar-refractivity contribution in [2.45, 2.75) is 37.8 Å². The van der Waals surface area contributed by atoms with Gasteiger partial charge in [-0.3, -0.25) is 14.6 Å². The van der Waals surface area contributed by atoms with Gasteiger partial charge in [0, 0.05) is 24.2 Å². The predicted octanol–water partition coefficient (Wildman–Crippen LogP) is 2.33. The normalized spacial score (nSPS) is 12.7. The number of benzene rings is 1. The fourth-order valence-corrected chi connectivity index (χ4v) is 3.95. The van der Waals surface area contributed by atoms with Crippen molar-refractivity contribution in [1.82, 2.24) is 15.3 Å². The minimum atomic E-state index is -0.739. The third-order valence-electron chi connectivity index (χ3n) is 4.94. The fraction of sp³-hybridized carbons (Fsp3) is 0.304. The summed E-state index contributed by atoms with van der Waals surface area (Å²) in [4.78, 5) is 34.9. The monoisotopic (exact) mass is 452 g/mol. The van der Waals surface area contributed by atoms with Crippen LogP contribution in [-0.2, 0) is 16.0 Å². The molecule has 2 heterocycles. The van der Waals surface area contributed by atoms with E-state index in [2.05, 4.69) is 20.6 Å². The maximum atomic E-state index is 13.0. The van der Waals surface area contributed by atoms with Gasteiger partial charge in [-0.2, -0.15) is 0 Å². The Morgan fingerprint density at radius 2 is 1.84 bits per heavy atom. The number of thiazole rings is 1. The van der Waals surface area contributed by atoms with Crippen molar-refractivity contribution in [2.24, 2.45) is 11.5 Å². The topological polar surface area (TPSA) is 136 Å². The van der Waals surface area contributed by atoms with E-state index in [1.54, 1.807) is 18.6 Å². The largest absolute Gasteiger partial charge is 0.343 e. The van der Waals surface area contributed by atoms with Crippen LogP contribution in [0.5, 0.6) is 0 Å². The number of aromatic nitrogens is 2. The summed E-state index contributed by atoms with van der Waals surface area (Å²) in [5.41, 5.74) is 13.5. The van der Waals surface area contributed by atoms with Gasteiger partial charge in [0.25, 0.3) is 0 Å². The van der Waals surface area contributed by atoms with E-state index in [1.165, 1.54) is 11.3 Å². The lowest BCUT2D eigenvalue weighted by atomic mass is 10.0. The number of nitrogens with one attached hydrogen (secondary N) is 2. The standard InChI is InChI=1S/C23H28N6O2S/c24-12-4-9-18(25)21(30)28-19(11-10-16-6-2-1-3-7-16)22(31)29-23-27-15-20(32-23)17-8-5-13-26-14-17/h1-3,5-8,13-15,18-19H,4,9-12,24-25H2,(H,28,30)(H,27,29,31)/t18-,19+/m0/s1. The van der Waals surface area contributed by atoms with E-state index in [0.29, 0.717) is 37.4 Å². The van der Waals surface area contributed by atoms with Crippen LogP contribution < -0.4 is 22.1 Å². The Labute approximate surface area is 191 Å². The second kappa shape index (κ2) is 12.0. The van der Waals surface area contributed by atoms with E-state index in [-0.39, 0.29) is 11.8 Å². The number of nitrogens with zero attached hydrogens (tertiary/aromatic N) is 2. The zero-order chi connectivity index (χ0) is 22.8. The van der Waals surface area contributed by atoms with Gasteiger partial charge in [-0.1, -0.05) is 47.7 Å². The summed E-state index contributed by atoms with van der Waals surface area (Å²) in [5.74, 6) is -0.686.